The van der Waals surface area contributed by atoms with E-state index in [9.17, 15) is 9.59 Å². The molecule has 2 aromatic carbocycles. The number of carbonyl (C=O) groups excluding carboxylic acids is 2. The Labute approximate surface area is 170 Å². The van der Waals surface area contributed by atoms with E-state index in [1.54, 1.807) is 30.0 Å². The molecule has 1 atom stereocenters. The zero-order valence-corrected chi connectivity index (χ0v) is 17.3. The van der Waals surface area contributed by atoms with Crippen LogP contribution in [0.2, 0.25) is 10.0 Å². The van der Waals surface area contributed by atoms with Crippen LogP contribution in [0, 0.1) is 6.92 Å². The molecule has 2 amide bonds. The number of likely N-dealkylation sites (N-methyl/N-ethyl adjacent to an activating group) is 1. The molecule has 2 rings (SSSR count). The molecule has 0 fully saturated rings. The lowest BCUT2D eigenvalue weighted by atomic mass is 10.1. The minimum Gasteiger partial charge on any atom is -0.355 e. The molecule has 0 spiro atoms. The number of carbonyl (C=O) groups is 2. The van der Waals surface area contributed by atoms with Gasteiger partial charge in [0.1, 0.15) is 6.04 Å². The average molecular weight is 407 g/mol. The molecule has 4 nitrogen and oxygen atoms in total. The third kappa shape index (κ3) is 5.98. The van der Waals surface area contributed by atoms with Crippen LogP contribution in [0.15, 0.2) is 42.5 Å². The molecule has 0 saturated carbocycles. The van der Waals surface area contributed by atoms with Crippen molar-refractivity contribution in [3.63, 3.8) is 0 Å². The van der Waals surface area contributed by atoms with Gasteiger partial charge in [-0.25, -0.2) is 0 Å². The van der Waals surface area contributed by atoms with Gasteiger partial charge >= 0.3 is 0 Å². The molecule has 0 saturated heterocycles. The van der Waals surface area contributed by atoms with E-state index < -0.39 is 6.04 Å². The lowest BCUT2D eigenvalue weighted by molar-refractivity contribution is -0.140. The first-order valence-corrected chi connectivity index (χ1v) is 9.64. The van der Waals surface area contributed by atoms with E-state index >= 15 is 0 Å². The lowest BCUT2D eigenvalue weighted by Crippen LogP contribution is -2.48. The SMILES string of the molecule is CCNC(=O)C(C)N(Cc1cccc(C)c1)C(=O)Cc1ccc(Cl)c(Cl)c1. The standard InChI is InChI=1S/C21H24Cl2N2O2/c1-4-24-21(27)15(3)25(13-17-7-5-6-14(2)10-17)20(26)12-16-8-9-18(22)19(23)11-16/h5-11,15H,4,12-13H2,1-3H3,(H,24,27). The molecule has 144 valence electrons. The Balaban J connectivity index is 2.25. The molecular weight excluding hydrogens is 383 g/mol. The smallest absolute Gasteiger partial charge is 0.242 e. The summed E-state index contributed by atoms with van der Waals surface area (Å²) in [6, 6.07) is 12.5. The van der Waals surface area contributed by atoms with Gasteiger partial charge in [-0.05, 0) is 44.0 Å². The largest absolute Gasteiger partial charge is 0.355 e. The number of hydrogen-bond acceptors (Lipinski definition) is 2. The third-order valence-electron chi connectivity index (χ3n) is 4.29. The summed E-state index contributed by atoms with van der Waals surface area (Å²) >= 11 is 12.0. The lowest BCUT2D eigenvalue weighted by Gasteiger charge is -2.29. The van der Waals surface area contributed by atoms with E-state index in [0.29, 0.717) is 23.1 Å². The number of hydrogen-bond donors (Lipinski definition) is 1. The van der Waals surface area contributed by atoms with Gasteiger partial charge in [-0.3, -0.25) is 9.59 Å². The molecule has 1 unspecified atom stereocenters. The monoisotopic (exact) mass is 406 g/mol. The van der Waals surface area contributed by atoms with E-state index in [1.807, 2.05) is 38.1 Å². The quantitative estimate of drug-likeness (QED) is 0.740. The Morgan fingerprint density at radius 2 is 1.81 bits per heavy atom. The maximum absolute atomic E-state index is 13.0. The zero-order chi connectivity index (χ0) is 20.0. The minimum atomic E-state index is -0.583. The van der Waals surface area contributed by atoms with Crippen LogP contribution in [-0.2, 0) is 22.6 Å². The summed E-state index contributed by atoms with van der Waals surface area (Å²) in [4.78, 5) is 27.0. The summed E-state index contributed by atoms with van der Waals surface area (Å²) in [6.45, 7) is 6.47. The number of rotatable bonds is 7. The normalized spacial score (nSPS) is 11.7. The van der Waals surface area contributed by atoms with Crippen molar-refractivity contribution in [1.29, 1.82) is 0 Å². The minimum absolute atomic E-state index is 0.145. The van der Waals surface area contributed by atoms with Crippen LogP contribution in [0.1, 0.15) is 30.5 Å². The van der Waals surface area contributed by atoms with Crippen molar-refractivity contribution in [2.24, 2.45) is 0 Å². The Morgan fingerprint density at radius 3 is 2.44 bits per heavy atom. The number of nitrogens with zero attached hydrogens (tertiary/aromatic N) is 1. The van der Waals surface area contributed by atoms with Gasteiger partial charge in [-0.1, -0.05) is 59.1 Å². The molecule has 6 heteroatoms. The predicted octanol–water partition coefficient (Wildman–Crippen LogP) is 4.40. The maximum Gasteiger partial charge on any atom is 0.242 e. The number of aryl methyl sites for hydroxylation is 1. The average Bonchev–Trinajstić information content (AvgIpc) is 2.62. The molecule has 2 aromatic rings. The van der Waals surface area contributed by atoms with Crippen molar-refractivity contribution in [1.82, 2.24) is 10.2 Å². The van der Waals surface area contributed by atoms with Crippen LogP contribution in [-0.4, -0.2) is 29.3 Å². The van der Waals surface area contributed by atoms with Crippen LogP contribution >= 0.6 is 23.2 Å². The highest BCUT2D eigenvalue weighted by atomic mass is 35.5. The van der Waals surface area contributed by atoms with Crippen molar-refractivity contribution < 1.29 is 9.59 Å². The molecule has 0 radical (unpaired) electrons. The van der Waals surface area contributed by atoms with Gasteiger partial charge in [-0.15, -0.1) is 0 Å². The molecule has 1 N–H and O–H groups in total. The third-order valence-corrected chi connectivity index (χ3v) is 5.03. The molecule has 0 aliphatic heterocycles. The van der Waals surface area contributed by atoms with Crippen LogP contribution in [0.4, 0.5) is 0 Å². The van der Waals surface area contributed by atoms with Gasteiger partial charge < -0.3 is 10.2 Å². The van der Waals surface area contributed by atoms with Crippen molar-refractivity contribution in [2.75, 3.05) is 6.54 Å². The Bertz CT molecular complexity index is 824. The second-order valence-electron chi connectivity index (χ2n) is 6.51. The van der Waals surface area contributed by atoms with Gasteiger partial charge in [0.05, 0.1) is 16.5 Å². The van der Waals surface area contributed by atoms with E-state index in [4.69, 9.17) is 23.2 Å². The van der Waals surface area contributed by atoms with E-state index in [0.717, 1.165) is 16.7 Å². The Kier molecular flexibility index (Phi) is 7.69. The number of nitrogens with one attached hydrogen (secondary N) is 1. The fourth-order valence-corrected chi connectivity index (χ4v) is 3.16. The zero-order valence-electron chi connectivity index (χ0n) is 15.8. The van der Waals surface area contributed by atoms with Gasteiger partial charge in [0.15, 0.2) is 0 Å². The summed E-state index contributed by atoms with van der Waals surface area (Å²) < 4.78 is 0. The van der Waals surface area contributed by atoms with Crippen LogP contribution in [0.3, 0.4) is 0 Å². The summed E-state index contributed by atoms with van der Waals surface area (Å²) in [5.41, 5.74) is 2.84. The Morgan fingerprint density at radius 1 is 1.07 bits per heavy atom. The van der Waals surface area contributed by atoms with E-state index in [1.165, 1.54) is 0 Å². The summed E-state index contributed by atoms with van der Waals surface area (Å²) in [7, 11) is 0. The number of benzene rings is 2. The summed E-state index contributed by atoms with van der Waals surface area (Å²) in [6.07, 6.45) is 0.145. The summed E-state index contributed by atoms with van der Waals surface area (Å²) in [5, 5.41) is 3.64. The molecule has 0 bridgehead atoms. The molecule has 0 aliphatic carbocycles. The second kappa shape index (κ2) is 9.77. The number of halogens is 2. The molecule has 0 heterocycles. The predicted molar refractivity (Wildman–Crippen MR) is 110 cm³/mol. The first-order valence-electron chi connectivity index (χ1n) is 8.88. The molecule has 0 aromatic heterocycles. The van der Waals surface area contributed by atoms with E-state index in [-0.39, 0.29) is 18.2 Å². The highest BCUT2D eigenvalue weighted by molar-refractivity contribution is 6.42. The molecular formula is C21H24Cl2N2O2. The molecule has 0 aliphatic rings. The fraction of sp³-hybridized carbons (Fsp3) is 0.333. The van der Waals surface area contributed by atoms with Gasteiger partial charge in [0.25, 0.3) is 0 Å². The van der Waals surface area contributed by atoms with Gasteiger partial charge in [0, 0.05) is 13.1 Å². The van der Waals surface area contributed by atoms with Gasteiger partial charge in [0.2, 0.25) is 11.8 Å². The Hall–Kier alpha value is -2.04. The highest BCUT2D eigenvalue weighted by Crippen LogP contribution is 2.23. The topological polar surface area (TPSA) is 49.4 Å². The van der Waals surface area contributed by atoms with Crippen LogP contribution in [0.25, 0.3) is 0 Å². The first-order chi connectivity index (χ1) is 12.8. The maximum atomic E-state index is 13.0. The van der Waals surface area contributed by atoms with Crippen LogP contribution in [0.5, 0.6) is 0 Å². The first kappa shape index (κ1) is 21.3. The highest BCUT2D eigenvalue weighted by Gasteiger charge is 2.26. The summed E-state index contributed by atoms with van der Waals surface area (Å²) in [5.74, 6) is -0.318. The second-order valence-corrected chi connectivity index (χ2v) is 7.32. The van der Waals surface area contributed by atoms with Crippen molar-refractivity contribution in [3.05, 3.63) is 69.2 Å². The van der Waals surface area contributed by atoms with E-state index in [2.05, 4.69) is 5.32 Å². The van der Waals surface area contributed by atoms with Crippen molar-refractivity contribution >= 4 is 35.0 Å². The number of amides is 2. The van der Waals surface area contributed by atoms with Crippen LogP contribution < -0.4 is 5.32 Å². The molecule has 27 heavy (non-hydrogen) atoms. The van der Waals surface area contributed by atoms with Crippen molar-refractivity contribution in [2.45, 2.75) is 39.8 Å². The van der Waals surface area contributed by atoms with Gasteiger partial charge in [-0.2, -0.15) is 0 Å². The fourth-order valence-electron chi connectivity index (χ4n) is 2.84. The van der Waals surface area contributed by atoms with Crippen molar-refractivity contribution in [3.8, 4) is 0 Å².